The third kappa shape index (κ3) is 2.51. The van der Waals surface area contributed by atoms with Crippen molar-refractivity contribution in [3.63, 3.8) is 0 Å². The molecule has 0 amide bonds. The number of H-pyrrole nitrogens is 1. The van der Waals surface area contributed by atoms with Gasteiger partial charge in [0.05, 0.1) is 11.2 Å². The van der Waals surface area contributed by atoms with Crippen molar-refractivity contribution in [2.75, 3.05) is 0 Å². The third-order valence-electron chi connectivity index (χ3n) is 2.98. The van der Waals surface area contributed by atoms with Gasteiger partial charge in [0.2, 0.25) is 5.28 Å². The van der Waals surface area contributed by atoms with Gasteiger partial charge in [0.25, 0.3) is 0 Å². The van der Waals surface area contributed by atoms with Gasteiger partial charge >= 0.3 is 6.18 Å². The van der Waals surface area contributed by atoms with Gasteiger partial charge in [0.1, 0.15) is 5.56 Å². The average molecular weight is 377 g/mol. The lowest BCUT2D eigenvalue weighted by atomic mass is 10.1. The van der Waals surface area contributed by atoms with E-state index in [1.54, 1.807) is 18.2 Å². The lowest BCUT2D eigenvalue weighted by Gasteiger charge is -2.11. The fourth-order valence-corrected chi connectivity index (χ4v) is 2.70. The van der Waals surface area contributed by atoms with Crippen LogP contribution in [0.4, 0.5) is 13.2 Å². The summed E-state index contributed by atoms with van der Waals surface area (Å²) in [6.45, 7) is 0. The first-order valence-electron chi connectivity index (χ1n) is 5.73. The van der Waals surface area contributed by atoms with Crippen LogP contribution in [0.1, 0.15) is 5.56 Å². The highest BCUT2D eigenvalue weighted by molar-refractivity contribution is 9.10. The summed E-state index contributed by atoms with van der Waals surface area (Å²) in [6.07, 6.45) is -2.39. The van der Waals surface area contributed by atoms with Crippen LogP contribution in [-0.2, 0) is 6.18 Å². The van der Waals surface area contributed by atoms with Crippen molar-refractivity contribution in [1.82, 2.24) is 15.0 Å². The summed E-state index contributed by atoms with van der Waals surface area (Å²) in [5.41, 5.74) is -0.155. The number of rotatable bonds is 1. The van der Waals surface area contributed by atoms with Crippen LogP contribution in [0.15, 0.2) is 35.1 Å². The molecule has 8 heteroatoms. The maximum atomic E-state index is 13.1. The molecule has 0 aliphatic heterocycles. The van der Waals surface area contributed by atoms with Crippen molar-refractivity contribution in [3.05, 3.63) is 45.9 Å². The zero-order valence-electron chi connectivity index (χ0n) is 10.2. The molecule has 0 aliphatic rings. The molecular weight excluding hydrogens is 371 g/mol. The molecule has 3 aromatic rings. The highest BCUT2D eigenvalue weighted by Crippen LogP contribution is 2.39. The summed E-state index contributed by atoms with van der Waals surface area (Å²) in [7, 11) is 0. The number of hydrogen-bond donors (Lipinski definition) is 1. The van der Waals surface area contributed by atoms with Crippen LogP contribution >= 0.6 is 27.5 Å². The molecule has 108 valence electrons. The van der Waals surface area contributed by atoms with Crippen LogP contribution in [0, 0.1) is 0 Å². The number of halogens is 5. The van der Waals surface area contributed by atoms with E-state index in [1.807, 2.05) is 0 Å². The molecule has 0 saturated carbocycles. The molecule has 0 radical (unpaired) electrons. The minimum absolute atomic E-state index is 0.234. The molecule has 21 heavy (non-hydrogen) atoms. The molecule has 0 unspecified atom stereocenters. The zero-order chi connectivity index (χ0) is 15.2. The number of nitrogens with one attached hydrogen (secondary N) is 1. The van der Waals surface area contributed by atoms with Crippen molar-refractivity contribution in [2.45, 2.75) is 6.18 Å². The SMILES string of the molecule is FC(F)(F)c1cnc(Cl)nc1-c1c[nH]c2c(Br)cccc12. The number of benzene rings is 1. The number of hydrogen-bond acceptors (Lipinski definition) is 2. The molecule has 0 saturated heterocycles. The van der Waals surface area contributed by atoms with Gasteiger partial charge in [-0.15, -0.1) is 0 Å². The predicted molar refractivity (Wildman–Crippen MR) is 77.0 cm³/mol. The smallest absolute Gasteiger partial charge is 0.360 e. The summed E-state index contributed by atoms with van der Waals surface area (Å²) < 4.78 is 40.1. The lowest BCUT2D eigenvalue weighted by molar-refractivity contribution is -0.137. The van der Waals surface area contributed by atoms with Crippen LogP contribution in [0.25, 0.3) is 22.2 Å². The highest BCUT2D eigenvalue weighted by atomic mass is 79.9. The number of alkyl halides is 3. The van der Waals surface area contributed by atoms with Crippen molar-refractivity contribution in [3.8, 4) is 11.3 Å². The topological polar surface area (TPSA) is 41.6 Å². The third-order valence-corrected chi connectivity index (χ3v) is 3.83. The van der Waals surface area contributed by atoms with E-state index >= 15 is 0 Å². The van der Waals surface area contributed by atoms with Gasteiger partial charge in [0, 0.05) is 27.8 Å². The number of aromatic nitrogens is 3. The number of fused-ring (bicyclic) bond motifs is 1. The van der Waals surface area contributed by atoms with E-state index in [-0.39, 0.29) is 11.0 Å². The Morgan fingerprint density at radius 2 is 2.00 bits per heavy atom. The van der Waals surface area contributed by atoms with Crippen LogP contribution in [-0.4, -0.2) is 15.0 Å². The standard InChI is InChI=1S/C13H6BrClF3N3/c14-9-3-1-2-6-7(4-19-11(6)9)10-8(13(16,17)18)5-20-12(15)21-10/h1-5,19H. The largest absolute Gasteiger partial charge is 0.419 e. The zero-order valence-corrected chi connectivity index (χ0v) is 12.5. The minimum atomic E-state index is -4.56. The quantitative estimate of drug-likeness (QED) is 0.603. The van der Waals surface area contributed by atoms with E-state index in [2.05, 4.69) is 30.9 Å². The van der Waals surface area contributed by atoms with E-state index in [0.29, 0.717) is 22.7 Å². The van der Waals surface area contributed by atoms with E-state index in [1.165, 1.54) is 6.20 Å². The van der Waals surface area contributed by atoms with E-state index in [4.69, 9.17) is 11.6 Å². The molecule has 1 aromatic carbocycles. The molecule has 1 N–H and O–H groups in total. The van der Waals surface area contributed by atoms with Crippen molar-refractivity contribution in [1.29, 1.82) is 0 Å². The van der Waals surface area contributed by atoms with Crippen LogP contribution in [0.5, 0.6) is 0 Å². The van der Waals surface area contributed by atoms with Crippen LogP contribution < -0.4 is 0 Å². The Bertz CT molecular complexity index is 829. The summed E-state index contributed by atoms with van der Waals surface area (Å²) in [5, 5.41) is 0.381. The summed E-state index contributed by atoms with van der Waals surface area (Å²) in [5.74, 6) is 0. The maximum absolute atomic E-state index is 13.1. The fraction of sp³-hybridized carbons (Fsp3) is 0.0769. The molecular formula is C13H6BrClF3N3. The Morgan fingerprint density at radius 1 is 1.24 bits per heavy atom. The normalized spacial score (nSPS) is 12.0. The maximum Gasteiger partial charge on any atom is 0.419 e. The van der Waals surface area contributed by atoms with Crippen molar-refractivity contribution >= 4 is 38.4 Å². The molecule has 0 spiro atoms. The summed E-state index contributed by atoms with van der Waals surface area (Å²) in [6, 6.07) is 5.24. The first kappa shape index (κ1) is 14.3. The molecule has 0 aliphatic carbocycles. The lowest BCUT2D eigenvalue weighted by Crippen LogP contribution is -2.09. The summed E-state index contributed by atoms with van der Waals surface area (Å²) >= 11 is 9.00. The molecule has 3 rings (SSSR count). The number of nitrogens with zero attached hydrogens (tertiary/aromatic N) is 2. The number of para-hydroxylation sites is 1. The Labute approximate surface area is 130 Å². The second kappa shape index (κ2) is 4.99. The Hall–Kier alpha value is -1.60. The highest BCUT2D eigenvalue weighted by Gasteiger charge is 2.36. The predicted octanol–water partition coefficient (Wildman–Crippen LogP) is 5.06. The Kier molecular flexibility index (Phi) is 3.41. The molecule has 2 heterocycles. The van der Waals surface area contributed by atoms with Crippen LogP contribution in [0.2, 0.25) is 5.28 Å². The molecule has 2 aromatic heterocycles. The second-order valence-corrected chi connectivity index (χ2v) is 5.46. The average Bonchev–Trinajstić information content (AvgIpc) is 2.82. The van der Waals surface area contributed by atoms with Gasteiger partial charge in [-0.2, -0.15) is 13.2 Å². The molecule has 0 bridgehead atoms. The van der Waals surface area contributed by atoms with Crippen molar-refractivity contribution < 1.29 is 13.2 Å². The van der Waals surface area contributed by atoms with Gasteiger partial charge in [-0.05, 0) is 33.6 Å². The first-order chi connectivity index (χ1) is 9.88. The van der Waals surface area contributed by atoms with E-state index < -0.39 is 11.7 Å². The van der Waals surface area contributed by atoms with E-state index in [0.717, 1.165) is 4.47 Å². The molecule has 3 nitrogen and oxygen atoms in total. The van der Waals surface area contributed by atoms with Gasteiger partial charge < -0.3 is 4.98 Å². The van der Waals surface area contributed by atoms with Gasteiger partial charge in [-0.1, -0.05) is 12.1 Å². The Balaban J connectivity index is 2.33. The summed E-state index contributed by atoms with van der Waals surface area (Å²) in [4.78, 5) is 10.1. The van der Waals surface area contributed by atoms with E-state index in [9.17, 15) is 13.2 Å². The second-order valence-electron chi connectivity index (χ2n) is 4.26. The monoisotopic (exact) mass is 375 g/mol. The Morgan fingerprint density at radius 3 is 2.71 bits per heavy atom. The van der Waals surface area contributed by atoms with Gasteiger partial charge in [-0.25, -0.2) is 9.97 Å². The number of aromatic amines is 1. The van der Waals surface area contributed by atoms with Gasteiger partial charge in [-0.3, -0.25) is 0 Å². The fourth-order valence-electron chi connectivity index (χ4n) is 2.09. The molecule has 0 fully saturated rings. The van der Waals surface area contributed by atoms with Gasteiger partial charge in [0.15, 0.2) is 0 Å². The minimum Gasteiger partial charge on any atom is -0.360 e. The molecule has 0 atom stereocenters. The van der Waals surface area contributed by atoms with Crippen LogP contribution in [0.3, 0.4) is 0 Å². The van der Waals surface area contributed by atoms with Crippen molar-refractivity contribution in [2.24, 2.45) is 0 Å². The first-order valence-corrected chi connectivity index (χ1v) is 6.90.